The second kappa shape index (κ2) is 10.5. The molecule has 1 aliphatic heterocycles. The van der Waals surface area contributed by atoms with Crippen molar-refractivity contribution in [2.45, 2.75) is 0 Å². The molecule has 1 aromatic carbocycles. The van der Waals surface area contributed by atoms with Crippen LogP contribution in [0.25, 0.3) is 0 Å². The molecular weight excluding hydrogens is 358 g/mol. The number of morpholine rings is 1. The topological polar surface area (TPSA) is 88.2 Å². The van der Waals surface area contributed by atoms with E-state index in [1.807, 2.05) is 18.2 Å². The van der Waals surface area contributed by atoms with E-state index in [1.165, 1.54) is 10.6 Å². The summed E-state index contributed by atoms with van der Waals surface area (Å²) in [5.41, 5.74) is 0. The van der Waals surface area contributed by atoms with Crippen molar-refractivity contribution in [3.8, 4) is 5.75 Å². The van der Waals surface area contributed by atoms with Gasteiger partial charge in [0, 0.05) is 39.3 Å². The smallest absolute Gasteiger partial charge is 0.257 e. The lowest BCUT2D eigenvalue weighted by molar-refractivity contribution is -0.123. The van der Waals surface area contributed by atoms with Gasteiger partial charge in [0.1, 0.15) is 5.75 Å². The molecule has 9 heteroatoms. The van der Waals surface area contributed by atoms with Gasteiger partial charge in [0.05, 0.1) is 19.5 Å². The number of amides is 1. The maximum absolute atomic E-state index is 11.9. The van der Waals surface area contributed by atoms with Gasteiger partial charge in [0.25, 0.3) is 5.91 Å². The van der Waals surface area contributed by atoms with E-state index in [-0.39, 0.29) is 25.6 Å². The van der Waals surface area contributed by atoms with E-state index < -0.39 is 10.0 Å². The van der Waals surface area contributed by atoms with Crippen LogP contribution >= 0.6 is 0 Å². The second-order valence-corrected chi connectivity index (χ2v) is 8.05. The maximum atomic E-state index is 11.9. The Labute approximate surface area is 155 Å². The van der Waals surface area contributed by atoms with Gasteiger partial charge in [0.15, 0.2) is 6.61 Å². The third-order valence-corrected chi connectivity index (χ3v) is 5.34. The van der Waals surface area contributed by atoms with Gasteiger partial charge in [-0.3, -0.25) is 9.69 Å². The molecule has 1 heterocycles. The van der Waals surface area contributed by atoms with Crippen LogP contribution in [0, 0.1) is 0 Å². The molecule has 1 fully saturated rings. The van der Waals surface area contributed by atoms with E-state index in [0.29, 0.717) is 32.1 Å². The number of nitrogens with zero attached hydrogens (tertiary/aromatic N) is 2. The average Bonchev–Trinajstić information content (AvgIpc) is 2.63. The van der Waals surface area contributed by atoms with E-state index in [9.17, 15) is 13.2 Å². The highest BCUT2D eigenvalue weighted by atomic mass is 32.2. The van der Waals surface area contributed by atoms with Crippen LogP contribution in [0.4, 0.5) is 0 Å². The van der Waals surface area contributed by atoms with E-state index >= 15 is 0 Å². The summed E-state index contributed by atoms with van der Waals surface area (Å²) in [6.07, 6.45) is 1.19. The Morgan fingerprint density at radius 2 is 1.92 bits per heavy atom. The Morgan fingerprint density at radius 1 is 1.23 bits per heavy atom. The third-order valence-electron chi connectivity index (χ3n) is 4.03. The zero-order chi connectivity index (χ0) is 18.8. The fourth-order valence-electron chi connectivity index (χ4n) is 2.56. The Balaban J connectivity index is 1.69. The normalized spacial score (nSPS) is 15.8. The van der Waals surface area contributed by atoms with Crippen LogP contribution in [0.3, 0.4) is 0 Å². The van der Waals surface area contributed by atoms with Crippen molar-refractivity contribution < 1.29 is 22.7 Å². The Bertz CT molecular complexity index is 648. The minimum atomic E-state index is -3.33. The summed E-state index contributed by atoms with van der Waals surface area (Å²) in [6, 6.07) is 9.05. The zero-order valence-electron chi connectivity index (χ0n) is 15.1. The largest absolute Gasteiger partial charge is 0.484 e. The molecule has 0 spiro atoms. The van der Waals surface area contributed by atoms with Gasteiger partial charge in [-0.15, -0.1) is 0 Å². The van der Waals surface area contributed by atoms with Crippen molar-refractivity contribution in [3.05, 3.63) is 30.3 Å². The highest BCUT2D eigenvalue weighted by Gasteiger charge is 2.19. The van der Waals surface area contributed by atoms with Crippen LogP contribution in [0.2, 0.25) is 0 Å². The highest BCUT2D eigenvalue weighted by molar-refractivity contribution is 7.88. The summed E-state index contributed by atoms with van der Waals surface area (Å²) in [5, 5.41) is 2.69. The number of hydrogen-bond acceptors (Lipinski definition) is 6. The molecule has 8 nitrogen and oxygen atoms in total. The number of hydrogen-bond donors (Lipinski definition) is 1. The molecule has 0 unspecified atom stereocenters. The van der Waals surface area contributed by atoms with Gasteiger partial charge in [-0.1, -0.05) is 18.2 Å². The Hall–Kier alpha value is -1.68. The van der Waals surface area contributed by atoms with Gasteiger partial charge in [0.2, 0.25) is 10.0 Å². The minimum absolute atomic E-state index is 0.101. The summed E-state index contributed by atoms with van der Waals surface area (Å²) in [5.74, 6) is 0.335. The number of ether oxygens (including phenoxy) is 2. The molecule has 0 atom stereocenters. The van der Waals surface area contributed by atoms with Gasteiger partial charge in [-0.05, 0) is 12.1 Å². The monoisotopic (exact) mass is 385 g/mol. The van der Waals surface area contributed by atoms with Gasteiger partial charge in [-0.2, -0.15) is 4.31 Å². The first kappa shape index (κ1) is 20.6. The van der Waals surface area contributed by atoms with E-state index in [1.54, 1.807) is 12.1 Å². The summed E-state index contributed by atoms with van der Waals surface area (Å²) >= 11 is 0. The lowest BCUT2D eigenvalue weighted by atomic mass is 10.3. The molecular formula is C17H27N3O5S. The first-order valence-corrected chi connectivity index (χ1v) is 10.5. The van der Waals surface area contributed by atoms with E-state index in [4.69, 9.17) is 9.47 Å². The predicted molar refractivity (Wildman–Crippen MR) is 98.6 cm³/mol. The molecule has 1 N–H and O–H groups in total. The van der Waals surface area contributed by atoms with Crippen LogP contribution in [0.15, 0.2) is 30.3 Å². The quantitative estimate of drug-likeness (QED) is 0.599. The fourth-order valence-corrected chi connectivity index (χ4v) is 3.39. The zero-order valence-corrected chi connectivity index (χ0v) is 15.9. The van der Waals surface area contributed by atoms with Gasteiger partial charge >= 0.3 is 0 Å². The third kappa shape index (κ3) is 7.69. The van der Waals surface area contributed by atoms with Gasteiger partial charge < -0.3 is 14.8 Å². The molecule has 0 bridgehead atoms. The molecule has 26 heavy (non-hydrogen) atoms. The van der Waals surface area contributed by atoms with Crippen LogP contribution in [0.1, 0.15) is 0 Å². The summed E-state index contributed by atoms with van der Waals surface area (Å²) in [6.45, 7) is 4.41. The van der Waals surface area contributed by atoms with Crippen molar-refractivity contribution in [3.63, 3.8) is 0 Å². The molecule has 0 aliphatic carbocycles. The average molecular weight is 385 g/mol. The van der Waals surface area contributed by atoms with Crippen molar-refractivity contribution in [1.29, 1.82) is 0 Å². The molecule has 1 aromatic rings. The van der Waals surface area contributed by atoms with E-state index in [2.05, 4.69) is 10.2 Å². The number of carbonyl (C=O) groups excluding carboxylic acids is 1. The van der Waals surface area contributed by atoms with Crippen molar-refractivity contribution in [2.75, 3.05) is 65.3 Å². The summed E-state index contributed by atoms with van der Waals surface area (Å²) < 4.78 is 35.9. The minimum Gasteiger partial charge on any atom is -0.484 e. The molecule has 0 saturated carbocycles. The van der Waals surface area contributed by atoms with Crippen LogP contribution < -0.4 is 10.1 Å². The molecule has 0 radical (unpaired) electrons. The van der Waals surface area contributed by atoms with E-state index in [0.717, 1.165) is 13.1 Å². The highest BCUT2D eigenvalue weighted by Crippen LogP contribution is 2.07. The molecule has 1 saturated heterocycles. The standard InChI is InChI=1S/C17H27N3O5S/c1-26(22,23)20(10-9-19-11-13-24-14-12-19)8-7-18-17(21)15-25-16-5-3-2-4-6-16/h2-6H,7-15H2,1H3,(H,18,21). The van der Waals surface area contributed by atoms with Crippen LogP contribution in [-0.4, -0.2) is 88.9 Å². The lowest BCUT2D eigenvalue weighted by Crippen LogP contribution is -2.45. The van der Waals surface area contributed by atoms with Crippen molar-refractivity contribution in [2.24, 2.45) is 0 Å². The van der Waals surface area contributed by atoms with Crippen molar-refractivity contribution in [1.82, 2.24) is 14.5 Å². The van der Waals surface area contributed by atoms with Gasteiger partial charge in [-0.25, -0.2) is 8.42 Å². The predicted octanol–water partition coefficient (Wildman–Crippen LogP) is -0.225. The maximum Gasteiger partial charge on any atom is 0.257 e. The SMILES string of the molecule is CS(=O)(=O)N(CCNC(=O)COc1ccccc1)CCN1CCOCC1. The summed E-state index contributed by atoms with van der Waals surface area (Å²) in [4.78, 5) is 14.0. The molecule has 1 aliphatic rings. The first-order chi connectivity index (χ1) is 12.4. The second-order valence-electron chi connectivity index (χ2n) is 6.07. The molecule has 1 amide bonds. The molecule has 2 rings (SSSR count). The first-order valence-electron chi connectivity index (χ1n) is 8.65. The summed E-state index contributed by atoms with van der Waals surface area (Å²) in [7, 11) is -3.33. The van der Waals surface area contributed by atoms with Crippen LogP contribution in [-0.2, 0) is 19.6 Å². The number of nitrogens with one attached hydrogen (secondary N) is 1. The molecule has 146 valence electrons. The Kier molecular flexibility index (Phi) is 8.30. The lowest BCUT2D eigenvalue weighted by Gasteiger charge is -2.29. The van der Waals surface area contributed by atoms with Crippen LogP contribution in [0.5, 0.6) is 5.75 Å². The Morgan fingerprint density at radius 3 is 2.58 bits per heavy atom. The van der Waals surface area contributed by atoms with Crippen molar-refractivity contribution >= 4 is 15.9 Å². The number of rotatable bonds is 10. The number of benzene rings is 1. The molecule has 0 aromatic heterocycles. The number of sulfonamides is 1. The number of carbonyl (C=O) groups is 1. The number of para-hydroxylation sites is 1. The fraction of sp³-hybridized carbons (Fsp3) is 0.588.